The molecule has 0 amide bonds. The lowest BCUT2D eigenvalue weighted by Gasteiger charge is -2.10. The van der Waals surface area contributed by atoms with Gasteiger partial charge in [-0.15, -0.1) is 0 Å². The van der Waals surface area contributed by atoms with Gasteiger partial charge in [-0.05, 0) is 43.3 Å². The highest BCUT2D eigenvalue weighted by molar-refractivity contribution is 7.71. The fourth-order valence-electron chi connectivity index (χ4n) is 2.39. The van der Waals surface area contributed by atoms with Crippen LogP contribution < -0.4 is 9.47 Å². The molecule has 7 heteroatoms. The summed E-state index contributed by atoms with van der Waals surface area (Å²) in [6, 6.07) is 5.55. The van der Waals surface area contributed by atoms with Crippen molar-refractivity contribution in [3.05, 3.63) is 34.4 Å². The first-order valence-corrected chi connectivity index (χ1v) is 7.99. The van der Waals surface area contributed by atoms with Gasteiger partial charge in [0, 0.05) is 11.5 Å². The molecule has 1 aromatic carbocycles. The van der Waals surface area contributed by atoms with Gasteiger partial charge in [-0.25, -0.2) is 0 Å². The topological polar surface area (TPSA) is 64.4 Å². The van der Waals surface area contributed by atoms with Gasteiger partial charge in [0.05, 0.1) is 20.4 Å². The fourth-order valence-corrected chi connectivity index (χ4v) is 2.58. The number of hydrogen-bond acceptors (Lipinski definition) is 5. The fraction of sp³-hybridized carbons (Fsp3) is 0.438. The molecule has 6 nitrogen and oxygen atoms in total. The second-order valence-corrected chi connectivity index (χ2v) is 5.45. The minimum absolute atomic E-state index is 0.312. The zero-order valence-corrected chi connectivity index (χ0v) is 14.7. The highest BCUT2D eigenvalue weighted by Crippen LogP contribution is 2.23. The highest BCUT2D eigenvalue weighted by atomic mass is 32.1. The summed E-state index contributed by atoms with van der Waals surface area (Å²) in [5.41, 5.74) is 0.811. The predicted molar refractivity (Wildman–Crippen MR) is 93.3 cm³/mol. The van der Waals surface area contributed by atoms with Crippen LogP contribution in [0.15, 0.2) is 23.3 Å². The molecule has 0 radical (unpaired) electrons. The van der Waals surface area contributed by atoms with Crippen LogP contribution in [0, 0.1) is 4.77 Å². The molecule has 0 spiro atoms. The first kappa shape index (κ1) is 17.2. The van der Waals surface area contributed by atoms with Crippen LogP contribution >= 0.6 is 12.2 Å². The Kier molecular flexibility index (Phi) is 5.92. The zero-order chi connectivity index (χ0) is 16.8. The number of ether oxygens (including phenoxy) is 2. The van der Waals surface area contributed by atoms with E-state index in [9.17, 15) is 0 Å². The predicted octanol–water partition coefficient (Wildman–Crippen LogP) is 3.74. The van der Waals surface area contributed by atoms with Crippen LogP contribution in [0.2, 0.25) is 0 Å². The molecule has 0 bridgehead atoms. The lowest BCUT2D eigenvalue weighted by molar-refractivity contribution is 0.402. The minimum Gasteiger partial charge on any atom is -0.497 e. The van der Waals surface area contributed by atoms with Gasteiger partial charge < -0.3 is 9.47 Å². The second kappa shape index (κ2) is 7.92. The van der Waals surface area contributed by atoms with Crippen LogP contribution in [-0.4, -0.2) is 35.3 Å². The van der Waals surface area contributed by atoms with E-state index in [1.54, 1.807) is 25.1 Å². The summed E-state index contributed by atoms with van der Waals surface area (Å²) in [5, 5.41) is 11.6. The van der Waals surface area contributed by atoms with Gasteiger partial charge in [0.25, 0.3) is 0 Å². The molecule has 0 aliphatic carbocycles. The van der Waals surface area contributed by atoms with E-state index in [1.165, 1.54) is 0 Å². The van der Waals surface area contributed by atoms with Gasteiger partial charge in [-0.1, -0.05) is 13.8 Å². The Morgan fingerprint density at radius 1 is 1.30 bits per heavy atom. The number of aromatic amines is 1. The van der Waals surface area contributed by atoms with Gasteiger partial charge in [-0.2, -0.15) is 14.9 Å². The van der Waals surface area contributed by atoms with E-state index in [1.807, 2.05) is 18.2 Å². The summed E-state index contributed by atoms with van der Waals surface area (Å²) in [7, 11) is 3.25. The molecule has 0 aliphatic rings. The van der Waals surface area contributed by atoms with E-state index in [0.29, 0.717) is 16.4 Å². The second-order valence-electron chi connectivity index (χ2n) is 5.06. The Bertz CT molecular complexity index is 732. The largest absolute Gasteiger partial charge is 0.497 e. The van der Waals surface area contributed by atoms with E-state index in [2.05, 4.69) is 29.1 Å². The molecule has 1 heterocycles. The van der Waals surface area contributed by atoms with Gasteiger partial charge in [0.2, 0.25) is 4.77 Å². The zero-order valence-electron chi connectivity index (χ0n) is 13.9. The van der Waals surface area contributed by atoms with Crippen LogP contribution in [0.5, 0.6) is 11.5 Å². The average Bonchev–Trinajstić information content (AvgIpc) is 2.94. The Morgan fingerprint density at radius 3 is 2.65 bits per heavy atom. The van der Waals surface area contributed by atoms with Crippen LogP contribution in [0.1, 0.15) is 44.0 Å². The van der Waals surface area contributed by atoms with Crippen molar-refractivity contribution in [3.63, 3.8) is 0 Å². The third-order valence-corrected chi connectivity index (χ3v) is 4.04. The maximum absolute atomic E-state index is 5.36. The van der Waals surface area contributed by atoms with Crippen molar-refractivity contribution < 1.29 is 9.47 Å². The molecule has 0 saturated carbocycles. The van der Waals surface area contributed by atoms with Gasteiger partial charge in [0.1, 0.15) is 11.5 Å². The molecule has 1 aromatic heterocycles. The van der Waals surface area contributed by atoms with Crippen molar-refractivity contribution >= 4 is 18.4 Å². The number of aromatic nitrogens is 3. The summed E-state index contributed by atoms with van der Waals surface area (Å²) < 4.78 is 12.8. The molecule has 2 rings (SSSR count). The molecule has 0 unspecified atom stereocenters. The maximum atomic E-state index is 5.36. The Hall–Kier alpha value is -2.15. The summed E-state index contributed by atoms with van der Waals surface area (Å²) >= 11 is 5.29. The van der Waals surface area contributed by atoms with E-state index >= 15 is 0 Å². The number of nitrogens with zero attached hydrogens (tertiary/aromatic N) is 3. The first-order chi connectivity index (χ1) is 11.1. The van der Waals surface area contributed by atoms with E-state index in [0.717, 1.165) is 30.0 Å². The third kappa shape index (κ3) is 3.79. The number of methoxy groups -OCH3 is 2. The van der Waals surface area contributed by atoms with E-state index in [4.69, 9.17) is 21.7 Å². The van der Waals surface area contributed by atoms with E-state index < -0.39 is 0 Å². The van der Waals surface area contributed by atoms with Crippen molar-refractivity contribution in [3.8, 4) is 11.5 Å². The summed E-state index contributed by atoms with van der Waals surface area (Å²) in [6.07, 6.45) is 3.67. The number of benzene rings is 1. The van der Waals surface area contributed by atoms with Crippen LogP contribution in [-0.2, 0) is 0 Å². The lowest BCUT2D eigenvalue weighted by atomic mass is 10.0. The standard InChI is InChI=1S/C16H22N4O2S/c1-5-11(6-2)15-18-19-16(23)20(15)17-10-12-9-13(21-3)7-8-14(12)22-4/h7-11H,5-6H2,1-4H3,(H,19,23)/b17-10-. The number of hydrogen-bond donors (Lipinski definition) is 1. The quantitative estimate of drug-likeness (QED) is 0.619. The van der Waals surface area contributed by atoms with Crippen LogP contribution in [0.4, 0.5) is 0 Å². The summed E-state index contributed by atoms with van der Waals surface area (Å²) in [4.78, 5) is 0. The highest BCUT2D eigenvalue weighted by Gasteiger charge is 2.15. The van der Waals surface area contributed by atoms with Crippen molar-refractivity contribution in [1.29, 1.82) is 0 Å². The molecular weight excluding hydrogens is 312 g/mol. The smallest absolute Gasteiger partial charge is 0.216 e. The molecule has 0 fully saturated rings. The van der Waals surface area contributed by atoms with Gasteiger partial charge >= 0.3 is 0 Å². The van der Waals surface area contributed by atoms with Crippen LogP contribution in [0.25, 0.3) is 0 Å². The number of nitrogens with one attached hydrogen (secondary N) is 1. The SMILES string of the molecule is CCC(CC)c1n[nH]c(=S)n1/N=C\c1cc(OC)ccc1OC. The van der Waals surface area contributed by atoms with Crippen LogP contribution in [0.3, 0.4) is 0 Å². The Labute approximate surface area is 141 Å². The van der Waals surface area contributed by atoms with Crippen molar-refractivity contribution in [2.24, 2.45) is 5.10 Å². The molecule has 1 N–H and O–H groups in total. The summed E-state index contributed by atoms with van der Waals surface area (Å²) in [5.74, 6) is 2.61. The Morgan fingerprint density at radius 2 is 2.04 bits per heavy atom. The lowest BCUT2D eigenvalue weighted by Crippen LogP contribution is -2.05. The third-order valence-electron chi connectivity index (χ3n) is 3.78. The average molecular weight is 334 g/mol. The van der Waals surface area contributed by atoms with Gasteiger partial charge in [0.15, 0.2) is 5.82 Å². The molecule has 0 aliphatic heterocycles. The van der Waals surface area contributed by atoms with E-state index in [-0.39, 0.29) is 0 Å². The van der Waals surface area contributed by atoms with Crippen molar-refractivity contribution in [2.45, 2.75) is 32.6 Å². The molecule has 0 saturated heterocycles. The molecule has 0 atom stereocenters. The van der Waals surface area contributed by atoms with Gasteiger partial charge in [-0.3, -0.25) is 5.10 Å². The molecule has 2 aromatic rings. The number of H-pyrrole nitrogens is 1. The minimum atomic E-state index is 0.312. The normalized spacial score (nSPS) is 11.3. The molecule has 23 heavy (non-hydrogen) atoms. The Balaban J connectivity index is 2.41. The van der Waals surface area contributed by atoms with Crippen molar-refractivity contribution in [2.75, 3.05) is 14.2 Å². The van der Waals surface area contributed by atoms with Crippen molar-refractivity contribution in [1.82, 2.24) is 14.9 Å². The first-order valence-electron chi connectivity index (χ1n) is 7.58. The summed E-state index contributed by atoms with van der Waals surface area (Å²) in [6.45, 7) is 4.26. The molecule has 124 valence electrons. The number of rotatable bonds is 7. The maximum Gasteiger partial charge on any atom is 0.216 e. The molecular formula is C16H22N4O2S. The monoisotopic (exact) mass is 334 g/mol.